The number of aryl methyl sites for hydroxylation is 1. The first kappa shape index (κ1) is 17.1. The number of halogens is 2. The standard InChI is InChI=1S/C18H19F2NO2/c1-2-12-6-8-13(9-7-12)10-17(23)21-11-16(22)18-14(19)4-3-5-15(18)20/h3-9,16,22H,2,10-11H2,1H3,(H,21,23). The molecule has 1 atom stereocenters. The molecule has 0 aliphatic heterocycles. The van der Waals surface area contributed by atoms with Gasteiger partial charge >= 0.3 is 0 Å². The molecule has 2 rings (SSSR count). The lowest BCUT2D eigenvalue weighted by atomic mass is 10.1. The number of benzene rings is 2. The molecule has 0 aromatic heterocycles. The molecule has 2 N–H and O–H groups in total. The van der Waals surface area contributed by atoms with E-state index in [1.807, 2.05) is 31.2 Å². The van der Waals surface area contributed by atoms with Gasteiger partial charge in [-0.15, -0.1) is 0 Å². The minimum atomic E-state index is -1.43. The quantitative estimate of drug-likeness (QED) is 0.860. The second kappa shape index (κ2) is 7.83. The molecule has 0 aliphatic carbocycles. The van der Waals surface area contributed by atoms with Crippen LogP contribution in [0.25, 0.3) is 0 Å². The summed E-state index contributed by atoms with van der Waals surface area (Å²) in [6, 6.07) is 11.0. The van der Waals surface area contributed by atoms with E-state index in [4.69, 9.17) is 0 Å². The summed E-state index contributed by atoms with van der Waals surface area (Å²) < 4.78 is 27.1. The van der Waals surface area contributed by atoms with Gasteiger partial charge in [-0.3, -0.25) is 4.79 Å². The van der Waals surface area contributed by atoms with Crippen LogP contribution in [-0.2, 0) is 17.6 Å². The maximum Gasteiger partial charge on any atom is 0.224 e. The van der Waals surface area contributed by atoms with Gasteiger partial charge in [-0.05, 0) is 29.7 Å². The van der Waals surface area contributed by atoms with Crippen molar-refractivity contribution in [2.75, 3.05) is 6.54 Å². The van der Waals surface area contributed by atoms with Crippen molar-refractivity contribution in [3.63, 3.8) is 0 Å². The summed E-state index contributed by atoms with van der Waals surface area (Å²) in [6.45, 7) is 1.80. The first-order valence-electron chi connectivity index (χ1n) is 7.47. The van der Waals surface area contributed by atoms with Crippen LogP contribution >= 0.6 is 0 Å². The fourth-order valence-corrected chi connectivity index (χ4v) is 2.28. The van der Waals surface area contributed by atoms with Gasteiger partial charge in [0.1, 0.15) is 17.7 Å². The monoisotopic (exact) mass is 319 g/mol. The molecule has 5 heteroatoms. The molecule has 122 valence electrons. The summed E-state index contributed by atoms with van der Waals surface area (Å²) in [6.07, 6.45) is -0.355. The number of hydrogen-bond acceptors (Lipinski definition) is 2. The molecular formula is C18H19F2NO2. The Morgan fingerprint density at radius 1 is 1.09 bits per heavy atom. The van der Waals surface area contributed by atoms with Crippen LogP contribution in [0.4, 0.5) is 8.78 Å². The highest BCUT2D eigenvalue weighted by Gasteiger charge is 2.18. The smallest absolute Gasteiger partial charge is 0.224 e. The summed E-state index contributed by atoms with van der Waals surface area (Å²) in [7, 11) is 0. The van der Waals surface area contributed by atoms with Crippen LogP contribution in [0, 0.1) is 11.6 Å². The van der Waals surface area contributed by atoms with E-state index in [-0.39, 0.29) is 18.9 Å². The molecule has 0 saturated heterocycles. The Balaban J connectivity index is 1.90. The second-order valence-electron chi connectivity index (χ2n) is 5.30. The van der Waals surface area contributed by atoms with Gasteiger partial charge in [-0.2, -0.15) is 0 Å². The predicted molar refractivity (Wildman–Crippen MR) is 83.9 cm³/mol. The van der Waals surface area contributed by atoms with E-state index >= 15 is 0 Å². The fourth-order valence-electron chi connectivity index (χ4n) is 2.28. The van der Waals surface area contributed by atoms with Crippen LogP contribution in [0.3, 0.4) is 0 Å². The van der Waals surface area contributed by atoms with Crippen LogP contribution in [0.15, 0.2) is 42.5 Å². The number of rotatable bonds is 6. The van der Waals surface area contributed by atoms with Gasteiger partial charge in [0.15, 0.2) is 0 Å². The van der Waals surface area contributed by atoms with E-state index in [1.165, 1.54) is 11.6 Å². The van der Waals surface area contributed by atoms with Gasteiger partial charge in [-0.1, -0.05) is 37.3 Å². The zero-order valence-electron chi connectivity index (χ0n) is 12.9. The number of carbonyl (C=O) groups is 1. The Labute approximate surface area is 134 Å². The minimum absolute atomic E-state index is 0.149. The first-order chi connectivity index (χ1) is 11.0. The first-order valence-corrected chi connectivity index (χ1v) is 7.47. The van der Waals surface area contributed by atoms with E-state index in [9.17, 15) is 18.7 Å². The Bertz CT molecular complexity index is 651. The molecule has 23 heavy (non-hydrogen) atoms. The Kier molecular flexibility index (Phi) is 5.82. The Morgan fingerprint density at radius 3 is 2.22 bits per heavy atom. The third kappa shape index (κ3) is 4.60. The zero-order valence-corrected chi connectivity index (χ0v) is 12.9. The number of carbonyl (C=O) groups excluding carboxylic acids is 1. The molecule has 2 aromatic carbocycles. The van der Waals surface area contributed by atoms with E-state index in [0.29, 0.717) is 0 Å². The molecule has 1 unspecified atom stereocenters. The predicted octanol–water partition coefficient (Wildman–Crippen LogP) is 2.92. The van der Waals surface area contributed by atoms with Crippen molar-refractivity contribution >= 4 is 5.91 Å². The number of hydrogen-bond donors (Lipinski definition) is 2. The molecule has 3 nitrogen and oxygen atoms in total. The summed E-state index contributed by atoms with van der Waals surface area (Å²) in [4.78, 5) is 11.9. The molecule has 0 bridgehead atoms. The molecule has 2 aromatic rings. The fraction of sp³-hybridized carbons (Fsp3) is 0.278. The molecule has 0 aliphatic rings. The Morgan fingerprint density at radius 2 is 1.65 bits per heavy atom. The van der Waals surface area contributed by atoms with Crippen molar-refractivity contribution in [2.24, 2.45) is 0 Å². The lowest BCUT2D eigenvalue weighted by Crippen LogP contribution is -2.30. The molecule has 1 amide bonds. The van der Waals surface area contributed by atoms with Crippen molar-refractivity contribution in [1.29, 1.82) is 0 Å². The van der Waals surface area contributed by atoms with Crippen molar-refractivity contribution in [3.05, 3.63) is 70.8 Å². The number of aliphatic hydroxyl groups is 1. The van der Waals surface area contributed by atoms with Gasteiger partial charge in [0.2, 0.25) is 5.91 Å². The van der Waals surface area contributed by atoms with E-state index in [1.54, 1.807) is 0 Å². The van der Waals surface area contributed by atoms with Crippen LogP contribution in [-0.4, -0.2) is 17.6 Å². The maximum absolute atomic E-state index is 13.5. The normalized spacial score (nSPS) is 12.0. The number of nitrogens with one attached hydrogen (secondary N) is 1. The highest BCUT2D eigenvalue weighted by molar-refractivity contribution is 5.78. The average molecular weight is 319 g/mol. The van der Waals surface area contributed by atoms with Gasteiger partial charge < -0.3 is 10.4 Å². The van der Waals surface area contributed by atoms with Crippen molar-refractivity contribution in [3.8, 4) is 0 Å². The van der Waals surface area contributed by atoms with Crippen LogP contribution in [0.5, 0.6) is 0 Å². The van der Waals surface area contributed by atoms with Crippen LogP contribution in [0.2, 0.25) is 0 Å². The largest absolute Gasteiger partial charge is 0.386 e. The lowest BCUT2D eigenvalue weighted by Gasteiger charge is -2.14. The molecule has 0 spiro atoms. The van der Waals surface area contributed by atoms with Crippen LogP contribution in [0.1, 0.15) is 29.7 Å². The Hall–Kier alpha value is -2.27. The molecule has 0 fully saturated rings. The highest BCUT2D eigenvalue weighted by Crippen LogP contribution is 2.19. The lowest BCUT2D eigenvalue weighted by molar-refractivity contribution is -0.120. The van der Waals surface area contributed by atoms with Gasteiger partial charge in [0.05, 0.1) is 12.0 Å². The summed E-state index contributed by atoms with van der Waals surface area (Å²) in [5, 5.41) is 12.4. The van der Waals surface area contributed by atoms with Crippen molar-refractivity contribution in [2.45, 2.75) is 25.9 Å². The SMILES string of the molecule is CCc1ccc(CC(=O)NCC(O)c2c(F)cccc2F)cc1. The molecule has 0 heterocycles. The maximum atomic E-state index is 13.5. The van der Waals surface area contributed by atoms with Crippen LogP contribution < -0.4 is 5.32 Å². The van der Waals surface area contributed by atoms with Crippen molar-refractivity contribution < 1.29 is 18.7 Å². The average Bonchev–Trinajstić information content (AvgIpc) is 2.53. The molecular weight excluding hydrogens is 300 g/mol. The summed E-state index contributed by atoms with van der Waals surface area (Å²) in [5.41, 5.74) is 1.59. The summed E-state index contributed by atoms with van der Waals surface area (Å²) in [5.74, 6) is -1.98. The highest BCUT2D eigenvalue weighted by atomic mass is 19.1. The third-order valence-corrected chi connectivity index (χ3v) is 3.62. The molecule has 0 saturated carbocycles. The van der Waals surface area contributed by atoms with Gasteiger partial charge in [0, 0.05) is 6.54 Å². The van der Waals surface area contributed by atoms with Crippen molar-refractivity contribution in [1.82, 2.24) is 5.32 Å². The van der Waals surface area contributed by atoms with Gasteiger partial charge in [0.25, 0.3) is 0 Å². The number of aliphatic hydroxyl groups excluding tert-OH is 1. The van der Waals surface area contributed by atoms with E-state index in [2.05, 4.69) is 5.32 Å². The zero-order chi connectivity index (χ0) is 16.8. The van der Waals surface area contributed by atoms with E-state index < -0.39 is 23.3 Å². The van der Waals surface area contributed by atoms with E-state index in [0.717, 1.165) is 24.1 Å². The second-order valence-corrected chi connectivity index (χ2v) is 5.30. The van der Waals surface area contributed by atoms with Gasteiger partial charge in [-0.25, -0.2) is 8.78 Å². The summed E-state index contributed by atoms with van der Waals surface area (Å²) >= 11 is 0. The topological polar surface area (TPSA) is 49.3 Å². The molecule has 0 radical (unpaired) electrons. The number of amides is 1. The third-order valence-electron chi connectivity index (χ3n) is 3.62. The minimum Gasteiger partial charge on any atom is -0.386 e.